The molecule has 0 amide bonds. The van der Waals surface area contributed by atoms with Crippen molar-refractivity contribution in [2.75, 3.05) is 18.1 Å². The van der Waals surface area contributed by atoms with E-state index < -0.39 is 0 Å². The van der Waals surface area contributed by atoms with Crippen LogP contribution in [-0.4, -0.2) is 29.8 Å². The van der Waals surface area contributed by atoms with Crippen LogP contribution in [0.1, 0.15) is 45.7 Å². The molecule has 0 saturated heterocycles. The van der Waals surface area contributed by atoms with Gasteiger partial charge in [0.25, 0.3) is 0 Å². The van der Waals surface area contributed by atoms with Gasteiger partial charge in [-0.2, -0.15) is 5.26 Å². The summed E-state index contributed by atoms with van der Waals surface area (Å²) in [6.45, 7) is 11.8. The number of nitriles is 1. The SMILES string of the molecule is CC(C)N(CCO)c1ccc(CNC(C)(C)C)cc1C#N. The molecule has 0 saturated carbocycles. The maximum Gasteiger partial charge on any atom is 0.101 e. The summed E-state index contributed by atoms with van der Waals surface area (Å²) < 4.78 is 0. The van der Waals surface area contributed by atoms with Crippen molar-refractivity contribution < 1.29 is 5.11 Å². The van der Waals surface area contributed by atoms with Crippen LogP contribution in [0.3, 0.4) is 0 Å². The summed E-state index contributed by atoms with van der Waals surface area (Å²) in [5.41, 5.74) is 2.69. The molecule has 0 aromatic heterocycles. The van der Waals surface area contributed by atoms with Crippen molar-refractivity contribution in [2.45, 2.75) is 52.7 Å². The summed E-state index contributed by atoms with van der Waals surface area (Å²) in [5.74, 6) is 0. The molecule has 0 bridgehead atoms. The Morgan fingerprint density at radius 3 is 2.48 bits per heavy atom. The minimum absolute atomic E-state index is 0.0480. The summed E-state index contributed by atoms with van der Waals surface area (Å²) in [4.78, 5) is 2.06. The second-order valence-electron chi connectivity index (χ2n) is 6.58. The van der Waals surface area contributed by atoms with E-state index in [0.717, 1.165) is 17.8 Å². The molecule has 0 unspecified atom stereocenters. The second kappa shape index (κ2) is 7.44. The molecule has 0 aliphatic carbocycles. The summed E-state index contributed by atoms with van der Waals surface area (Å²) >= 11 is 0. The largest absolute Gasteiger partial charge is 0.395 e. The van der Waals surface area contributed by atoms with E-state index in [1.807, 2.05) is 18.2 Å². The number of aliphatic hydroxyl groups is 1. The lowest BCUT2D eigenvalue weighted by Gasteiger charge is -2.29. The molecule has 0 spiro atoms. The molecule has 4 nitrogen and oxygen atoms in total. The Labute approximate surface area is 128 Å². The first-order chi connectivity index (χ1) is 9.78. The highest BCUT2D eigenvalue weighted by molar-refractivity contribution is 5.61. The van der Waals surface area contributed by atoms with Crippen LogP contribution in [0.25, 0.3) is 0 Å². The number of anilines is 1. The van der Waals surface area contributed by atoms with Crippen molar-refractivity contribution in [3.63, 3.8) is 0 Å². The molecule has 21 heavy (non-hydrogen) atoms. The van der Waals surface area contributed by atoms with Gasteiger partial charge in [-0.15, -0.1) is 0 Å². The fourth-order valence-corrected chi connectivity index (χ4v) is 2.16. The summed E-state index contributed by atoms with van der Waals surface area (Å²) in [6.07, 6.45) is 0. The predicted octanol–water partition coefficient (Wildman–Crippen LogP) is 2.65. The van der Waals surface area contributed by atoms with Gasteiger partial charge < -0.3 is 15.3 Å². The molecule has 0 radical (unpaired) electrons. The van der Waals surface area contributed by atoms with E-state index in [-0.39, 0.29) is 18.2 Å². The van der Waals surface area contributed by atoms with E-state index in [4.69, 9.17) is 0 Å². The zero-order chi connectivity index (χ0) is 16.0. The van der Waals surface area contributed by atoms with Gasteiger partial charge in [0.15, 0.2) is 0 Å². The zero-order valence-corrected chi connectivity index (χ0v) is 13.8. The van der Waals surface area contributed by atoms with E-state index >= 15 is 0 Å². The van der Waals surface area contributed by atoms with Crippen molar-refractivity contribution in [1.29, 1.82) is 5.26 Å². The Hall–Kier alpha value is -1.57. The average Bonchev–Trinajstić information content (AvgIpc) is 2.41. The number of aliphatic hydroxyl groups excluding tert-OH is 1. The Kier molecular flexibility index (Phi) is 6.19. The van der Waals surface area contributed by atoms with Crippen LogP contribution in [0.5, 0.6) is 0 Å². The van der Waals surface area contributed by atoms with E-state index in [0.29, 0.717) is 12.1 Å². The van der Waals surface area contributed by atoms with Gasteiger partial charge in [-0.05, 0) is 52.3 Å². The van der Waals surface area contributed by atoms with E-state index in [1.165, 1.54) is 0 Å². The van der Waals surface area contributed by atoms with E-state index in [2.05, 4.69) is 50.9 Å². The van der Waals surface area contributed by atoms with Gasteiger partial charge in [0.05, 0.1) is 17.9 Å². The van der Waals surface area contributed by atoms with Crippen molar-refractivity contribution >= 4 is 5.69 Å². The van der Waals surface area contributed by atoms with Crippen LogP contribution in [0.2, 0.25) is 0 Å². The van der Waals surface area contributed by atoms with Crippen LogP contribution in [0.15, 0.2) is 18.2 Å². The van der Waals surface area contributed by atoms with Crippen LogP contribution in [-0.2, 0) is 6.54 Å². The third-order valence-electron chi connectivity index (χ3n) is 3.28. The standard InChI is InChI=1S/C17H27N3O/c1-13(2)20(8-9-21)16-7-6-14(10-15(16)11-18)12-19-17(3,4)5/h6-7,10,13,19,21H,8-9,12H2,1-5H3. The fraction of sp³-hybridized carbons (Fsp3) is 0.588. The molecule has 0 atom stereocenters. The maximum absolute atomic E-state index is 9.41. The van der Waals surface area contributed by atoms with Crippen LogP contribution in [0, 0.1) is 11.3 Å². The molecule has 1 aromatic carbocycles. The summed E-state index contributed by atoms with van der Waals surface area (Å²) in [7, 11) is 0. The Balaban J connectivity index is 3.01. The van der Waals surface area contributed by atoms with Gasteiger partial charge in [-0.25, -0.2) is 0 Å². The topological polar surface area (TPSA) is 59.3 Å². The molecule has 116 valence electrons. The van der Waals surface area contributed by atoms with Crippen LogP contribution < -0.4 is 10.2 Å². The molecule has 2 N–H and O–H groups in total. The number of nitrogens with one attached hydrogen (secondary N) is 1. The third-order valence-corrected chi connectivity index (χ3v) is 3.28. The van der Waals surface area contributed by atoms with Gasteiger partial charge in [-0.3, -0.25) is 0 Å². The lowest BCUT2D eigenvalue weighted by atomic mass is 10.0. The highest BCUT2D eigenvalue weighted by Crippen LogP contribution is 2.23. The van der Waals surface area contributed by atoms with E-state index in [9.17, 15) is 10.4 Å². The fourth-order valence-electron chi connectivity index (χ4n) is 2.16. The number of hydrogen-bond acceptors (Lipinski definition) is 4. The summed E-state index contributed by atoms with van der Waals surface area (Å²) in [6, 6.07) is 8.47. The van der Waals surface area contributed by atoms with Crippen molar-refractivity contribution in [2.24, 2.45) is 0 Å². The van der Waals surface area contributed by atoms with Gasteiger partial charge in [-0.1, -0.05) is 6.07 Å². The highest BCUT2D eigenvalue weighted by atomic mass is 16.3. The molecule has 0 fully saturated rings. The first-order valence-electron chi connectivity index (χ1n) is 7.44. The summed E-state index contributed by atoms with van der Waals surface area (Å²) in [5, 5.41) is 22.0. The van der Waals surface area contributed by atoms with Crippen LogP contribution >= 0.6 is 0 Å². The number of benzene rings is 1. The first-order valence-corrected chi connectivity index (χ1v) is 7.44. The third kappa shape index (κ3) is 5.37. The predicted molar refractivity (Wildman–Crippen MR) is 87.3 cm³/mol. The Bertz CT molecular complexity index is 498. The lowest BCUT2D eigenvalue weighted by molar-refractivity contribution is 0.299. The number of rotatable bonds is 6. The van der Waals surface area contributed by atoms with Crippen LogP contribution in [0.4, 0.5) is 5.69 Å². The highest BCUT2D eigenvalue weighted by Gasteiger charge is 2.15. The van der Waals surface area contributed by atoms with Crippen molar-refractivity contribution in [3.05, 3.63) is 29.3 Å². The smallest absolute Gasteiger partial charge is 0.101 e. The quantitative estimate of drug-likeness (QED) is 0.845. The van der Waals surface area contributed by atoms with Gasteiger partial charge >= 0.3 is 0 Å². The average molecular weight is 289 g/mol. The molecular weight excluding hydrogens is 262 g/mol. The van der Waals surface area contributed by atoms with Crippen molar-refractivity contribution in [3.8, 4) is 6.07 Å². The molecule has 0 heterocycles. The molecule has 1 aromatic rings. The number of hydrogen-bond donors (Lipinski definition) is 2. The maximum atomic E-state index is 9.41. The van der Waals surface area contributed by atoms with E-state index in [1.54, 1.807) is 0 Å². The minimum Gasteiger partial charge on any atom is -0.395 e. The molecule has 0 aliphatic rings. The monoisotopic (exact) mass is 289 g/mol. The zero-order valence-electron chi connectivity index (χ0n) is 13.8. The normalized spacial score (nSPS) is 11.5. The molecule has 0 aliphatic heterocycles. The Morgan fingerprint density at radius 2 is 2.00 bits per heavy atom. The lowest BCUT2D eigenvalue weighted by Crippen LogP contribution is -2.35. The first kappa shape index (κ1) is 17.5. The van der Waals surface area contributed by atoms with Crippen molar-refractivity contribution in [1.82, 2.24) is 5.32 Å². The number of nitrogens with zero attached hydrogens (tertiary/aromatic N) is 2. The van der Waals surface area contributed by atoms with Gasteiger partial charge in [0.1, 0.15) is 6.07 Å². The minimum atomic E-state index is 0.0480. The van der Waals surface area contributed by atoms with Gasteiger partial charge in [0.2, 0.25) is 0 Å². The van der Waals surface area contributed by atoms with Gasteiger partial charge in [0, 0.05) is 24.7 Å². The molecule has 4 heteroatoms. The molecule has 1 rings (SSSR count). The second-order valence-corrected chi connectivity index (χ2v) is 6.58. The molecular formula is C17H27N3O. The Morgan fingerprint density at radius 1 is 1.33 bits per heavy atom.